The van der Waals surface area contributed by atoms with Crippen LogP contribution in [0.1, 0.15) is 62.1 Å². The van der Waals surface area contributed by atoms with Crippen LogP contribution in [0.25, 0.3) is 5.76 Å². The van der Waals surface area contributed by atoms with Gasteiger partial charge in [0, 0.05) is 37.7 Å². The number of fused-ring (bicyclic) bond motifs is 3. The molecule has 0 bridgehead atoms. The minimum absolute atomic E-state index is 0.103. The minimum Gasteiger partial charge on any atom is -0.508 e. The van der Waals surface area contributed by atoms with Crippen LogP contribution in [0.15, 0.2) is 23.0 Å². The third kappa shape index (κ3) is 3.77. The Morgan fingerprint density at radius 2 is 1.83 bits per heavy atom. The van der Waals surface area contributed by atoms with Crippen molar-refractivity contribution >= 4 is 28.9 Å². The largest absolute Gasteiger partial charge is 0.508 e. The van der Waals surface area contributed by atoms with Crippen molar-refractivity contribution in [3.63, 3.8) is 0 Å². The number of hydrogen-bond donors (Lipinski definition) is 5. The lowest BCUT2D eigenvalue weighted by Crippen LogP contribution is -2.58. The number of phenolic OH excluding ortho intramolecular Hbond substituents is 1. The number of nitrogens with zero attached hydrogens (tertiary/aromatic N) is 1. The number of nitrogens with two attached hydrogens (primary N) is 1. The highest BCUT2D eigenvalue weighted by Gasteiger charge is 2.60. The number of hydrogen-bond acceptors (Lipinski definition) is 8. The van der Waals surface area contributed by atoms with E-state index in [4.69, 9.17) is 5.73 Å². The zero-order chi connectivity index (χ0) is 26.5. The maximum Gasteiger partial charge on any atom is 0.255 e. The van der Waals surface area contributed by atoms with Gasteiger partial charge in [0.25, 0.3) is 5.91 Å². The molecule has 0 saturated heterocycles. The molecule has 4 rings (SSSR count). The van der Waals surface area contributed by atoms with Crippen LogP contribution in [0.2, 0.25) is 0 Å². The molecule has 3 aliphatic carbocycles. The third-order valence-corrected chi connectivity index (χ3v) is 7.90. The van der Waals surface area contributed by atoms with E-state index in [2.05, 4.69) is 6.92 Å². The lowest BCUT2D eigenvalue weighted by atomic mass is 9.59. The summed E-state index contributed by atoms with van der Waals surface area (Å²) in [6, 6.07) is 1.91. The average molecular weight is 499 g/mol. The van der Waals surface area contributed by atoms with Crippen molar-refractivity contribution < 1.29 is 34.8 Å². The van der Waals surface area contributed by atoms with Crippen molar-refractivity contribution in [1.29, 1.82) is 0 Å². The highest BCUT2D eigenvalue weighted by molar-refractivity contribution is 6.22. The van der Waals surface area contributed by atoms with Crippen LogP contribution in [0.4, 0.5) is 5.69 Å². The molecule has 9 nitrogen and oxygen atoms in total. The molecule has 6 N–H and O–H groups in total. The Morgan fingerprint density at radius 1 is 1.14 bits per heavy atom. The fraction of sp³-hybridized carbons (Fsp3) is 0.519. The van der Waals surface area contributed by atoms with Crippen LogP contribution in [0.5, 0.6) is 5.75 Å². The monoisotopic (exact) mass is 498 g/mol. The Balaban J connectivity index is 1.87. The summed E-state index contributed by atoms with van der Waals surface area (Å²) in [5, 5.41) is 44.6. The lowest BCUT2D eigenvalue weighted by Gasteiger charge is -2.46. The first-order valence-corrected chi connectivity index (χ1v) is 12.5. The second-order valence-corrected chi connectivity index (χ2v) is 10.4. The van der Waals surface area contributed by atoms with E-state index in [9.17, 15) is 34.8 Å². The smallest absolute Gasteiger partial charge is 0.255 e. The van der Waals surface area contributed by atoms with Crippen LogP contribution in [-0.2, 0) is 27.2 Å². The van der Waals surface area contributed by atoms with Gasteiger partial charge < -0.3 is 31.1 Å². The predicted molar refractivity (Wildman–Crippen MR) is 134 cm³/mol. The van der Waals surface area contributed by atoms with Crippen LogP contribution >= 0.6 is 0 Å². The number of aromatic hydroxyl groups is 1. The molecule has 0 unspecified atom stereocenters. The summed E-state index contributed by atoms with van der Waals surface area (Å²) < 4.78 is 0. The molecule has 1 saturated carbocycles. The Morgan fingerprint density at radius 3 is 2.44 bits per heavy atom. The molecule has 1 aromatic rings. The topological polar surface area (TPSA) is 161 Å². The first kappa shape index (κ1) is 25.8. The van der Waals surface area contributed by atoms with Gasteiger partial charge >= 0.3 is 0 Å². The van der Waals surface area contributed by atoms with Crippen molar-refractivity contribution in [2.24, 2.45) is 17.6 Å². The first-order valence-electron chi connectivity index (χ1n) is 12.5. The quantitative estimate of drug-likeness (QED) is 0.283. The van der Waals surface area contributed by atoms with E-state index >= 15 is 0 Å². The molecule has 0 aliphatic heterocycles. The second kappa shape index (κ2) is 9.28. The summed E-state index contributed by atoms with van der Waals surface area (Å²) in [5.74, 6) is -6.06. The molecular formula is C27H34N2O7. The van der Waals surface area contributed by atoms with Crippen LogP contribution in [-0.4, -0.2) is 57.6 Å². The molecule has 0 aromatic heterocycles. The van der Waals surface area contributed by atoms with Crippen molar-refractivity contribution in [2.45, 2.75) is 63.9 Å². The Kier molecular flexibility index (Phi) is 6.64. The summed E-state index contributed by atoms with van der Waals surface area (Å²) in [5.41, 5.74) is 4.08. The van der Waals surface area contributed by atoms with Gasteiger partial charge in [-0.15, -0.1) is 0 Å². The molecule has 0 radical (unpaired) electrons. The van der Waals surface area contributed by atoms with E-state index in [1.807, 2.05) is 25.1 Å². The van der Waals surface area contributed by atoms with E-state index in [0.29, 0.717) is 24.0 Å². The van der Waals surface area contributed by atoms with Crippen LogP contribution in [0.3, 0.4) is 0 Å². The molecule has 36 heavy (non-hydrogen) atoms. The van der Waals surface area contributed by atoms with Crippen molar-refractivity contribution in [3.05, 3.63) is 39.7 Å². The van der Waals surface area contributed by atoms with Gasteiger partial charge in [0.1, 0.15) is 22.8 Å². The van der Waals surface area contributed by atoms with Gasteiger partial charge in [-0.3, -0.25) is 14.4 Å². The maximum atomic E-state index is 13.7. The van der Waals surface area contributed by atoms with Crippen molar-refractivity contribution in [1.82, 2.24) is 0 Å². The summed E-state index contributed by atoms with van der Waals surface area (Å²) in [7, 11) is 3.73. The number of Topliss-reactive ketones (excluding diaryl/α,β-unsaturated/α-hetero) is 2. The minimum atomic E-state index is -2.55. The number of benzene rings is 1. The van der Waals surface area contributed by atoms with Crippen LogP contribution < -0.4 is 10.6 Å². The van der Waals surface area contributed by atoms with Gasteiger partial charge in [-0.25, -0.2) is 0 Å². The van der Waals surface area contributed by atoms with E-state index < -0.39 is 52.0 Å². The number of aliphatic hydroxyl groups excluding tert-OH is 2. The number of carbonyl (C=O) groups is 3. The van der Waals surface area contributed by atoms with E-state index in [1.54, 1.807) is 0 Å². The maximum absolute atomic E-state index is 13.7. The van der Waals surface area contributed by atoms with Gasteiger partial charge in [0.05, 0.1) is 5.56 Å². The Hall–Kier alpha value is -3.33. The molecule has 194 valence electrons. The third-order valence-electron chi connectivity index (χ3n) is 7.90. The SMILES string of the molecule is CCCCCCc1cc(N(C)C)c2c(c1O)C(O)=C1C(=O)[C@]3(O)C(O)=C(C(N)=O)C(=O)C[C@@H]3C[C@@H]1C2. The fourth-order valence-corrected chi connectivity index (χ4v) is 6.06. The molecule has 0 spiro atoms. The van der Waals surface area contributed by atoms with Crippen LogP contribution in [0, 0.1) is 11.8 Å². The molecular weight excluding hydrogens is 464 g/mol. The first-order chi connectivity index (χ1) is 16.9. The van der Waals surface area contributed by atoms with Gasteiger partial charge in [-0.1, -0.05) is 26.2 Å². The van der Waals surface area contributed by atoms with Gasteiger partial charge in [-0.2, -0.15) is 0 Å². The van der Waals surface area contributed by atoms with Gasteiger partial charge in [-0.05, 0) is 48.8 Å². The normalized spacial score (nSPS) is 25.4. The summed E-state index contributed by atoms with van der Waals surface area (Å²) in [4.78, 5) is 39.8. The average Bonchev–Trinajstić information content (AvgIpc) is 2.79. The number of unbranched alkanes of at least 4 members (excludes halogenated alkanes) is 3. The number of primary amides is 1. The number of anilines is 1. The molecule has 3 atom stereocenters. The lowest BCUT2D eigenvalue weighted by molar-refractivity contribution is -0.147. The number of aryl methyl sites for hydroxylation is 1. The second-order valence-electron chi connectivity index (χ2n) is 10.4. The van der Waals surface area contributed by atoms with E-state index in [-0.39, 0.29) is 29.7 Å². The number of carbonyl (C=O) groups excluding carboxylic acids is 3. The molecule has 9 heteroatoms. The Labute approximate surface area is 209 Å². The van der Waals surface area contributed by atoms with Gasteiger partial charge in [0.15, 0.2) is 11.4 Å². The number of amides is 1. The zero-order valence-corrected chi connectivity index (χ0v) is 20.9. The summed E-state index contributed by atoms with van der Waals surface area (Å²) in [6.07, 6.45) is 4.69. The summed E-state index contributed by atoms with van der Waals surface area (Å²) in [6.45, 7) is 2.11. The summed E-state index contributed by atoms with van der Waals surface area (Å²) >= 11 is 0. The highest BCUT2D eigenvalue weighted by atomic mass is 16.3. The molecule has 1 fully saturated rings. The zero-order valence-electron chi connectivity index (χ0n) is 20.9. The number of ketones is 2. The number of rotatable bonds is 7. The van der Waals surface area contributed by atoms with E-state index in [0.717, 1.165) is 31.4 Å². The van der Waals surface area contributed by atoms with Crippen molar-refractivity contribution in [2.75, 3.05) is 19.0 Å². The highest BCUT2D eigenvalue weighted by Crippen LogP contribution is 2.53. The number of aliphatic hydroxyl groups is 3. The Bertz CT molecular complexity index is 1210. The molecule has 1 amide bonds. The molecule has 0 heterocycles. The predicted octanol–water partition coefficient (Wildman–Crippen LogP) is 2.61. The molecule has 3 aliphatic rings. The molecule has 1 aromatic carbocycles. The van der Waals surface area contributed by atoms with E-state index in [1.165, 1.54) is 0 Å². The number of phenols is 1. The van der Waals surface area contributed by atoms with Crippen molar-refractivity contribution in [3.8, 4) is 5.75 Å². The standard InChI is InChI=1S/C27H34N2O7/c1-4-5-6-7-8-13-11-17(29(2)3)16-10-14-9-15-12-18(30)21(26(28)35)25(34)27(15,36)24(33)19(14)23(32)20(16)22(13)31/h11,14-15,31-32,34,36H,4-10,12H2,1-3H3,(H2,28,35)/t14-,15+,27+/m1/s1. The fourth-order valence-electron chi connectivity index (χ4n) is 6.06. The van der Waals surface area contributed by atoms with Gasteiger partial charge in [0.2, 0.25) is 5.78 Å².